The minimum absolute atomic E-state index is 0.314. The summed E-state index contributed by atoms with van der Waals surface area (Å²) in [7, 11) is -9.69. The minimum atomic E-state index is -3.55. The van der Waals surface area contributed by atoms with Crippen molar-refractivity contribution in [1.82, 2.24) is 0 Å². The summed E-state index contributed by atoms with van der Waals surface area (Å²) in [5.74, 6) is -0.513. The summed E-state index contributed by atoms with van der Waals surface area (Å²) in [4.78, 5) is 12.1. The summed E-state index contributed by atoms with van der Waals surface area (Å²) in [6, 6.07) is 0. The highest BCUT2D eigenvalue weighted by Gasteiger charge is 2.57. The van der Waals surface area contributed by atoms with Crippen LogP contribution in [0.4, 0.5) is 0 Å². The maximum Gasteiger partial charge on any atom is 0.719 e. The van der Waals surface area contributed by atoms with E-state index in [1.807, 2.05) is 58.9 Å². The van der Waals surface area contributed by atoms with Crippen molar-refractivity contribution in [2.75, 3.05) is 0 Å². The lowest BCUT2D eigenvalue weighted by Gasteiger charge is -2.39. The van der Waals surface area contributed by atoms with Gasteiger partial charge in [-0.3, -0.25) is 0 Å². The zero-order chi connectivity index (χ0) is 18.0. The molecule has 130 valence electrons. The van der Waals surface area contributed by atoms with Gasteiger partial charge < -0.3 is 16.8 Å². The van der Waals surface area contributed by atoms with Crippen molar-refractivity contribution < 1.29 is 21.6 Å². The number of carbonyl (C=O) groups excluding carboxylic acids is 1. The van der Waals surface area contributed by atoms with E-state index in [0.717, 1.165) is 0 Å². The smallest absolute Gasteiger partial charge is 0.450 e. The molecule has 0 aromatic heterocycles. The Hall–Kier alpha value is -0.0425. The van der Waals surface area contributed by atoms with Crippen molar-refractivity contribution in [2.45, 2.75) is 65.8 Å². The van der Waals surface area contributed by atoms with E-state index in [9.17, 15) is 4.79 Å². The first-order valence-electron chi connectivity index (χ1n) is 7.44. The molecule has 0 N–H and O–H groups in total. The maximum absolute atomic E-state index is 12.1. The second-order valence-corrected chi connectivity index (χ2v) is 24.6. The Morgan fingerprint density at radius 3 is 1.18 bits per heavy atom. The molecule has 0 atom stereocenters. The predicted octanol–water partition coefficient (Wildman–Crippen LogP) is 4.10. The fourth-order valence-corrected chi connectivity index (χ4v) is 13.0. The first kappa shape index (κ1) is 22.0. The molecule has 0 rings (SSSR count). The SMILES string of the molecule is C=C(C)C(=O)O[Si](O[Si](C)(C)C)(O[Si](C)(C)C)O[Si](C)(C)C. The number of carbonyl (C=O) groups is 1. The van der Waals surface area contributed by atoms with E-state index in [1.54, 1.807) is 6.92 Å². The molecule has 0 aliphatic heterocycles. The molecule has 0 heterocycles. The summed E-state index contributed by atoms with van der Waals surface area (Å²) in [6.45, 7) is 23.5. The number of hydrogen-bond acceptors (Lipinski definition) is 5. The number of rotatable bonds is 8. The van der Waals surface area contributed by atoms with Gasteiger partial charge in [0.05, 0.1) is 0 Å². The van der Waals surface area contributed by atoms with Gasteiger partial charge in [0.25, 0.3) is 0 Å². The van der Waals surface area contributed by atoms with Crippen molar-refractivity contribution in [2.24, 2.45) is 0 Å². The summed E-state index contributed by atoms with van der Waals surface area (Å²) in [5.41, 5.74) is 0.314. The number of hydrogen-bond donors (Lipinski definition) is 0. The Balaban J connectivity index is 5.78. The fraction of sp³-hybridized carbons (Fsp3) is 0.769. The highest BCUT2D eigenvalue weighted by Crippen LogP contribution is 2.27. The highest BCUT2D eigenvalue weighted by atomic mass is 28.5. The lowest BCUT2D eigenvalue weighted by atomic mass is 10.4. The minimum Gasteiger partial charge on any atom is -0.450 e. The van der Waals surface area contributed by atoms with Gasteiger partial charge in [-0.2, -0.15) is 0 Å². The van der Waals surface area contributed by atoms with Crippen molar-refractivity contribution in [3.05, 3.63) is 12.2 Å². The molecular formula is C13H32O5Si4. The Labute approximate surface area is 139 Å². The molecule has 22 heavy (non-hydrogen) atoms. The Kier molecular flexibility index (Phi) is 7.23. The van der Waals surface area contributed by atoms with Gasteiger partial charge in [-0.25, -0.2) is 4.79 Å². The van der Waals surface area contributed by atoms with Gasteiger partial charge in [-0.05, 0) is 65.8 Å². The molecule has 9 heteroatoms. The zero-order valence-corrected chi connectivity index (χ0v) is 19.7. The van der Waals surface area contributed by atoms with Crippen molar-refractivity contribution >= 4 is 40.0 Å². The van der Waals surface area contributed by atoms with Gasteiger partial charge in [0, 0.05) is 5.57 Å². The lowest BCUT2D eigenvalue weighted by molar-refractivity contribution is -0.135. The van der Waals surface area contributed by atoms with E-state index in [0.29, 0.717) is 5.57 Å². The van der Waals surface area contributed by atoms with Crippen LogP contribution >= 0.6 is 0 Å². The van der Waals surface area contributed by atoms with Gasteiger partial charge in [0.2, 0.25) is 0 Å². The quantitative estimate of drug-likeness (QED) is 0.469. The Morgan fingerprint density at radius 2 is 1.00 bits per heavy atom. The maximum atomic E-state index is 12.1. The molecule has 0 amide bonds. The Bertz CT molecular complexity index is 377. The van der Waals surface area contributed by atoms with Crippen molar-refractivity contribution in [3.63, 3.8) is 0 Å². The van der Waals surface area contributed by atoms with Crippen LogP contribution in [0.5, 0.6) is 0 Å². The lowest BCUT2D eigenvalue weighted by Crippen LogP contribution is -2.63. The van der Waals surface area contributed by atoms with E-state index in [-0.39, 0.29) is 0 Å². The highest BCUT2D eigenvalue weighted by molar-refractivity contribution is 6.88. The molecule has 0 aromatic rings. The van der Waals surface area contributed by atoms with Crippen LogP contribution in [0.15, 0.2) is 12.2 Å². The molecule has 0 bridgehead atoms. The topological polar surface area (TPSA) is 54.0 Å². The van der Waals surface area contributed by atoms with Gasteiger partial charge in [-0.1, -0.05) is 6.58 Å². The third-order valence-corrected chi connectivity index (χ3v) is 12.6. The first-order valence-corrected chi connectivity index (χ1v) is 19.3. The summed E-state index contributed by atoms with van der Waals surface area (Å²) in [5, 5.41) is 0. The van der Waals surface area contributed by atoms with E-state index in [2.05, 4.69) is 6.58 Å². The molecule has 0 aliphatic carbocycles. The summed E-state index contributed by atoms with van der Waals surface area (Å²) in [6.07, 6.45) is 0. The molecular weight excluding hydrogens is 348 g/mol. The molecule has 0 aliphatic rings. The second kappa shape index (κ2) is 7.24. The second-order valence-electron chi connectivity index (χ2n) is 8.31. The van der Waals surface area contributed by atoms with Crippen LogP contribution in [-0.2, 0) is 21.6 Å². The first-order chi connectivity index (χ1) is 9.45. The molecule has 0 fully saturated rings. The average molecular weight is 381 g/mol. The van der Waals surface area contributed by atoms with Crippen molar-refractivity contribution in [3.8, 4) is 0 Å². The summed E-state index contributed by atoms with van der Waals surface area (Å²) >= 11 is 0. The van der Waals surface area contributed by atoms with Crippen LogP contribution in [0.2, 0.25) is 58.9 Å². The molecule has 0 radical (unpaired) electrons. The van der Waals surface area contributed by atoms with E-state index < -0.39 is 40.0 Å². The predicted molar refractivity (Wildman–Crippen MR) is 100.0 cm³/mol. The van der Waals surface area contributed by atoms with Crippen LogP contribution in [0.3, 0.4) is 0 Å². The normalized spacial score (nSPS) is 13.9. The fourth-order valence-electron chi connectivity index (χ4n) is 1.45. The van der Waals surface area contributed by atoms with Gasteiger partial charge in [0.1, 0.15) is 0 Å². The molecule has 0 spiro atoms. The third kappa shape index (κ3) is 9.87. The zero-order valence-electron chi connectivity index (χ0n) is 15.7. The van der Waals surface area contributed by atoms with E-state index in [4.69, 9.17) is 16.8 Å². The largest absolute Gasteiger partial charge is 0.719 e. The van der Waals surface area contributed by atoms with Crippen LogP contribution in [0.25, 0.3) is 0 Å². The van der Waals surface area contributed by atoms with E-state index >= 15 is 0 Å². The molecule has 0 saturated heterocycles. The van der Waals surface area contributed by atoms with Gasteiger partial charge >= 0.3 is 15.0 Å². The molecule has 0 unspecified atom stereocenters. The molecule has 0 saturated carbocycles. The summed E-state index contributed by atoms with van der Waals surface area (Å²) < 4.78 is 24.3. The molecule has 0 aromatic carbocycles. The monoisotopic (exact) mass is 380 g/mol. The Morgan fingerprint density at radius 1 is 0.727 bits per heavy atom. The van der Waals surface area contributed by atoms with Crippen LogP contribution in [-0.4, -0.2) is 40.0 Å². The van der Waals surface area contributed by atoms with Gasteiger partial charge in [0.15, 0.2) is 25.0 Å². The van der Waals surface area contributed by atoms with E-state index in [1.165, 1.54) is 0 Å². The standard InChI is InChI=1S/C13H32O5Si4/c1-12(2)13(14)15-22(16-19(3,4)5,17-20(6,7)8)18-21(9,10)11/h1H2,2-11H3. The van der Waals surface area contributed by atoms with Crippen LogP contribution < -0.4 is 0 Å². The average Bonchev–Trinajstić information content (AvgIpc) is 2.06. The van der Waals surface area contributed by atoms with Crippen LogP contribution in [0.1, 0.15) is 6.92 Å². The molecule has 5 nitrogen and oxygen atoms in total. The van der Waals surface area contributed by atoms with Gasteiger partial charge in [-0.15, -0.1) is 0 Å². The van der Waals surface area contributed by atoms with Crippen LogP contribution in [0, 0.1) is 0 Å². The third-order valence-electron chi connectivity index (χ3n) is 1.86. The van der Waals surface area contributed by atoms with Crippen molar-refractivity contribution in [1.29, 1.82) is 0 Å².